The maximum absolute atomic E-state index is 12.0. The number of carbonyl (C=O) groups is 2. The predicted octanol–water partition coefficient (Wildman–Crippen LogP) is 2.87. The molecule has 1 unspecified atom stereocenters. The van der Waals surface area contributed by atoms with Crippen LogP contribution in [0, 0.1) is 5.92 Å². The third-order valence-corrected chi connectivity index (χ3v) is 2.97. The van der Waals surface area contributed by atoms with Crippen molar-refractivity contribution in [2.24, 2.45) is 5.92 Å². The molecule has 5 nitrogen and oxygen atoms in total. The molecule has 2 N–H and O–H groups in total. The van der Waals surface area contributed by atoms with Crippen LogP contribution in [0.2, 0.25) is 0 Å². The molecule has 0 saturated heterocycles. The highest BCUT2D eigenvalue weighted by Crippen LogP contribution is 2.13. The van der Waals surface area contributed by atoms with Crippen molar-refractivity contribution in [3.63, 3.8) is 0 Å². The fourth-order valence-corrected chi connectivity index (χ4v) is 1.77. The van der Waals surface area contributed by atoms with Crippen molar-refractivity contribution in [1.82, 2.24) is 5.32 Å². The minimum Gasteiger partial charge on any atom is -0.490 e. The van der Waals surface area contributed by atoms with Gasteiger partial charge in [0.2, 0.25) is 0 Å². The molecule has 0 bridgehead atoms. The van der Waals surface area contributed by atoms with Gasteiger partial charge in [-0.3, -0.25) is 9.59 Å². The summed E-state index contributed by atoms with van der Waals surface area (Å²) in [5.74, 6) is -0.580. The second-order valence-corrected chi connectivity index (χ2v) is 5.53. The van der Waals surface area contributed by atoms with Gasteiger partial charge in [0.15, 0.2) is 0 Å². The Labute approximate surface area is 131 Å². The van der Waals surface area contributed by atoms with E-state index in [0.717, 1.165) is 0 Å². The molecule has 0 aliphatic carbocycles. The fraction of sp³-hybridized carbons (Fsp3) is 0.412. The summed E-state index contributed by atoms with van der Waals surface area (Å²) in [4.78, 5) is 22.6. The Hall–Kier alpha value is -2.30. The Morgan fingerprint density at radius 2 is 2.09 bits per heavy atom. The average Bonchev–Trinajstić information content (AvgIpc) is 2.44. The normalized spacial score (nSPS) is 11.4. The number of amides is 1. The van der Waals surface area contributed by atoms with Crippen molar-refractivity contribution in [2.45, 2.75) is 27.2 Å². The molecule has 1 aromatic rings. The molecule has 0 heterocycles. The second-order valence-electron chi connectivity index (χ2n) is 5.53. The number of rotatable bonds is 8. The van der Waals surface area contributed by atoms with Gasteiger partial charge in [-0.05, 0) is 44.0 Å². The van der Waals surface area contributed by atoms with E-state index in [1.807, 2.05) is 19.9 Å². The number of aliphatic carboxylic acids is 1. The molecule has 0 spiro atoms. The summed E-state index contributed by atoms with van der Waals surface area (Å²) in [7, 11) is 0. The van der Waals surface area contributed by atoms with Crippen molar-refractivity contribution in [1.29, 1.82) is 0 Å². The lowest BCUT2D eigenvalue weighted by Crippen LogP contribution is -2.29. The number of allylic oxidation sites excluding steroid dienone is 1. The minimum absolute atomic E-state index is 0.0339. The highest BCUT2D eigenvalue weighted by molar-refractivity contribution is 5.94. The third-order valence-electron chi connectivity index (χ3n) is 2.97. The SMILES string of the molecule is CC(C)=CCOc1cccc(C(=O)NCC(C)CC(=O)O)c1. The van der Waals surface area contributed by atoms with E-state index >= 15 is 0 Å². The number of ether oxygens (including phenoxy) is 1. The van der Waals surface area contributed by atoms with E-state index in [0.29, 0.717) is 24.5 Å². The molecular weight excluding hydrogens is 282 g/mol. The van der Waals surface area contributed by atoms with E-state index < -0.39 is 5.97 Å². The summed E-state index contributed by atoms with van der Waals surface area (Å²) in [6.07, 6.45) is 1.99. The van der Waals surface area contributed by atoms with E-state index in [-0.39, 0.29) is 18.2 Å². The maximum Gasteiger partial charge on any atom is 0.303 e. The molecule has 1 amide bonds. The smallest absolute Gasteiger partial charge is 0.303 e. The summed E-state index contributed by atoms with van der Waals surface area (Å²) < 4.78 is 5.55. The van der Waals surface area contributed by atoms with E-state index in [1.165, 1.54) is 5.57 Å². The first kappa shape index (κ1) is 17.8. The van der Waals surface area contributed by atoms with Gasteiger partial charge in [0.25, 0.3) is 5.91 Å². The number of nitrogens with one attached hydrogen (secondary N) is 1. The van der Waals surface area contributed by atoms with Gasteiger partial charge >= 0.3 is 5.97 Å². The van der Waals surface area contributed by atoms with E-state index in [9.17, 15) is 9.59 Å². The van der Waals surface area contributed by atoms with Crippen molar-refractivity contribution < 1.29 is 19.4 Å². The summed E-state index contributed by atoms with van der Waals surface area (Å²) in [6.45, 7) is 6.56. The Bertz CT molecular complexity index is 547. The third kappa shape index (κ3) is 6.92. The first-order chi connectivity index (χ1) is 10.4. The van der Waals surface area contributed by atoms with Crippen LogP contribution in [0.15, 0.2) is 35.9 Å². The van der Waals surface area contributed by atoms with E-state index in [2.05, 4.69) is 5.32 Å². The van der Waals surface area contributed by atoms with Gasteiger partial charge in [0.05, 0.1) is 0 Å². The van der Waals surface area contributed by atoms with Gasteiger partial charge in [-0.2, -0.15) is 0 Å². The van der Waals surface area contributed by atoms with Gasteiger partial charge in [-0.25, -0.2) is 0 Å². The number of hydrogen-bond acceptors (Lipinski definition) is 3. The molecule has 22 heavy (non-hydrogen) atoms. The molecule has 1 rings (SSSR count). The number of hydrogen-bond donors (Lipinski definition) is 2. The van der Waals surface area contributed by atoms with Crippen LogP contribution in [0.5, 0.6) is 5.75 Å². The van der Waals surface area contributed by atoms with Crippen molar-refractivity contribution in [3.8, 4) is 5.75 Å². The topological polar surface area (TPSA) is 75.6 Å². The van der Waals surface area contributed by atoms with Crippen LogP contribution in [0.3, 0.4) is 0 Å². The number of carboxylic acid groups (broad SMARTS) is 1. The van der Waals surface area contributed by atoms with E-state index in [1.54, 1.807) is 31.2 Å². The lowest BCUT2D eigenvalue weighted by Gasteiger charge is -2.11. The molecule has 120 valence electrons. The Kier molecular flexibility index (Phi) is 7.16. The standard InChI is InChI=1S/C17H23NO4/c1-12(2)7-8-22-15-6-4-5-14(10-15)17(21)18-11-13(3)9-16(19)20/h4-7,10,13H,8-9,11H2,1-3H3,(H,18,21)(H,19,20). The van der Waals surface area contributed by atoms with Crippen LogP contribution in [0.4, 0.5) is 0 Å². The Balaban J connectivity index is 2.55. The minimum atomic E-state index is -0.864. The van der Waals surface area contributed by atoms with Gasteiger partial charge in [-0.15, -0.1) is 0 Å². The maximum atomic E-state index is 12.0. The van der Waals surface area contributed by atoms with Crippen LogP contribution < -0.4 is 10.1 Å². The molecule has 0 aliphatic rings. The van der Waals surface area contributed by atoms with Crippen LogP contribution in [-0.4, -0.2) is 30.1 Å². The first-order valence-corrected chi connectivity index (χ1v) is 7.24. The highest BCUT2D eigenvalue weighted by atomic mass is 16.5. The van der Waals surface area contributed by atoms with Gasteiger partial charge in [0, 0.05) is 18.5 Å². The lowest BCUT2D eigenvalue weighted by atomic mass is 10.1. The number of carboxylic acids is 1. The van der Waals surface area contributed by atoms with Crippen molar-refractivity contribution in [2.75, 3.05) is 13.2 Å². The van der Waals surface area contributed by atoms with Gasteiger partial charge in [-0.1, -0.05) is 18.6 Å². The lowest BCUT2D eigenvalue weighted by molar-refractivity contribution is -0.137. The predicted molar refractivity (Wildman–Crippen MR) is 85.1 cm³/mol. The van der Waals surface area contributed by atoms with Crippen LogP contribution in [0.25, 0.3) is 0 Å². The molecule has 0 saturated carbocycles. The van der Waals surface area contributed by atoms with Gasteiger partial charge in [0.1, 0.15) is 12.4 Å². The zero-order chi connectivity index (χ0) is 16.5. The largest absolute Gasteiger partial charge is 0.490 e. The summed E-state index contributed by atoms with van der Waals surface area (Å²) >= 11 is 0. The Morgan fingerprint density at radius 1 is 1.36 bits per heavy atom. The van der Waals surface area contributed by atoms with Crippen LogP contribution >= 0.6 is 0 Å². The second kappa shape index (κ2) is 8.87. The quantitative estimate of drug-likeness (QED) is 0.724. The van der Waals surface area contributed by atoms with Crippen LogP contribution in [-0.2, 0) is 4.79 Å². The van der Waals surface area contributed by atoms with Gasteiger partial charge < -0.3 is 15.2 Å². The molecular formula is C17H23NO4. The average molecular weight is 305 g/mol. The highest BCUT2D eigenvalue weighted by Gasteiger charge is 2.11. The molecule has 0 aromatic heterocycles. The molecule has 5 heteroatoms. The molecule has 0 fully saturated rings. The molecule has 1 atom stereocenters. The molecule has 1 aromatic carbocycles. The van der Waals surface area contributed by atoms with Crippen molar-refractivity contribution in [3.05, 3.63) is 41.5 Å². The summed E-state index contributed by atoms with van der Waals surface area (Å²) in [5.41, 5.74) is 1.67. The monoisotopic (exact) mass is 305 g/mol. The summed E-state index contributed by atoms with van der Waals surface area (Å²) in [6, 6.07) is 6.93. The zero-order valence-corrected chi connectivity index (χ0v) is 13.3. The van der Waals surface area contributed by atoms with Crippen LogP contribution in [0.1, 0.15) is 37.6 Å². The van der Waals surface area contributed by atoms with E-state index in [4.69, 9.17) is 9.84 Å². The van der Waals surface area contributed by atoms with Crippen molar-refractivity contribution >= 4 is 11.9 Å². The Morgan fingerprint density at radius 3 is 2.73 bits per heavy atom. The first-order valence-electron chi connectivity index (χ1n) is 7.24. The number of benzene rings is 1. The molecule has 0 radical (unpaired) electrons. The molecule has 0 aliphatic heterocycles. The fourth-order valence-electron chi connectivity index (χ4n) is 1.77. The number of carbonyl (C=O) groups excluding carboxylic acids is 1. The summed E-state index contributed by atoms with van der Waals surface area (Å²) in [5, 5.41) is 11.4. The zero-order valence-electron chi connectivity index (χ0n) is 13.3.